The summed E-state index contributed by atoms with van der Waals surface area (Å²) in [5, 5.41) is 3.46. The molecule has 2 heterocycles. The van der Waals surface area contributed by atoms with Crippen LogP contribution in [0.1, 0.15) is 38.5 Å². The molecule has 4 heteroatoms. The first kappa shape index (κ1) is 12.1. The third-order valence-electron chi connectivity index (χ3n) is 3.12. The third-order valence-corrected chi connectivity index (χ3v) is 3.78. The van der Waals surface area contributed by atoms with Crippen LogP contribution >= 0.6 is 15.9 Å². The first-order valence-corrected chi connectivity index (χ1v) is 6.50. The highest BCUT2D eigenvalue weighted by Gasteiger charge is 2.30. The van der Waals surface area contributed by atoms with Crippen LogP contribution in [0.15, 0.2) is 21.2 Å². The van der Waals surface area contributed by atoms with E-state index in [1.54, 1.807) is 6.26 Å². The highest BCUT2D eigenvalue weighted by atomic mass is 79.9. The van der Waals surface area contributed by atoms with Crippen LogP contribution in [0.2, 0.25) is 0 Å². The summed E-state index contributed by atoms with van der Waals surface area (Å²) in [5.41, 5.74) is -0.00662. The van der Waals surface area contributed by atoms with Crippen molar-refractivity contribution in [3.05, 3.63) is 22.6 Å². The number of nitrogens with one attached hydrogen (secondary N) is 1. The number of hydrogen-bond acceptors (Lipinski definition) is 3. The van der Waals surface area contributed by atoms with E-state index >= 15 is 0 Å². The summed E-state index contributed by atoms with van der Waals surface area (Å²) in [4.78, 5) is 0. The fraction of sp³-hybridized carbons (Fsp3) is 0.667. The van der Waals surface area contributed by atoms with Gasteiger partial charge in [0.2, 0.25) is 0 Å². The summed E-state index contributed by atoms with van der Waals surface area (Å²) < 4.78 is 12.2. The predicted molar refractivity (Wildman–Crippen MR) is 66.4 cm³/mol. The molecule has 0 aliphatic carbocycles. The van der Waals surface area contributed by atoms with Crippen molar-refractivity contribution >= 4 is 15.9 Å². The van der Waals surface area contributed by atoms with Gasteiger partial charge in [-0.25, -0.2) is 0 Å². The summed E-state index contributed by atoms with van der Waals surface area (Å²) >= 11 is 3.47. The summed E-state index contributed by atoms with van der Waals surface area (Å²) in [6.07, 6.45) is 3.99. The number of rotatable bonds is 4. The average molecular weight is 288 g/mol. The lowest BCUT2D eigenvalue weighted by Crippen LogP contribution is -2.38. The van der Waals surface area contributed by atoms with Gasteiger partial charge in [0.25, 0.3) is 0 Å². The molecule has 1 aliphatic rings. The first-order chi connectivity index (χ1) is 7.61. The van der Waals surface area contributed by atoms with E-state index in [4.69, 9.17) is 9.15 Å². The van der Waals surface area contributed by atoms with Crippen molar-refractivity contribution in [1.29, 1.82) is 0 Å². The quantitative estimate of drug-likeness (QED) is 0.923. The number of hydrogen-bond donors (Lipinski definition) is 1. The van der Waals surface area contributed by atoms with Gasteiger partial charge in [-0.3, -0.25) is 0 Å². The van der Waals surface area contributed by atoms with Crippen LogP contribution in [0.4, 0.5) is 0 Å². The maximum absolute atomic E-state index is 5.73. The second-order valence-electron chi connectivity index (χ2n) is 4.64. The molecule has 3 nitrogen and oxygen atoms in total. The number of furan rings is 1. The smallest absolute Gasteiger partial charge is 0.134 e. The van der Waals surface area contributed by atoms with Gasteiger partial charge in [-0.1, -0.05) is 0 Å². The van der Waals surface area contributed by atoms with Gasteiger partial charge >= 0.3 is 0 Å². The van der Waals surface area contributed by atoms with Crippen LogP contribution in [0, 0.1) is 0 Å². The Kier molecular flexibility index (Phi) is 3.72. The van der Waals surface area contributed by atoms with E-state index < -0.39 is 0 Å². The topological polar surface area (TPSA) is 34.4 Å². The van der Waals surface area contributed by atoms with Crippen molar-refractivity contribution in [1.82, 2.24) is 5.32 Å². The summed E-state index contributed by atoms with van der Waals surface area (Å²) in [6.45, 7) is 6.01. The molecule has 2 unspecified atom stereocenters. The Labute approximate surface area is 105 Å². The van der Waals surface area contributed by atoms with Gasteiger partial charge in [-0.05, 0) is 48.7 Å². The number of ether oxygens (including phenoxy) is 1. The molecule has 90 valence electrons. The maximum Gasteiger partial charge on any atom is 0.134 e. The zero-order valence-electron chi connectivity index (χ0n) is 9.75. The average Bonchev–Trinajstić information content (AvgIpc) is 2.85. The van der Waals surface area contributed by atoms with Crippen LogP contribution in [-0.4, -0.2) is 18.8 Å². The molecule has 0 radical (unpaired) electrons. The molecule has 16 heavy (non-hydrogen) atoms. The summed E-state index contributed by atoms with van der Waals surface area (Å²) in [7, 11) is 0. The van der Waals surface area contributed by atoms with Crippen molar-refractivity contribution < 1.29 is 9.15 Å². The summed E-state index contributed by atoms with van der Waals surface area (Å²) in [6, 6.07) is 2.12. The Bertz CT molecular complexity index is 345. The summed E-state index contributed by atoms with van der Waals surface area (Å²) in [5.74, 6) is 0.946. The highest BCUT2D eigenvalue weighted by Crippen LogP contribution is 2.27. The largest absolute Gasteiger partial charge is 0.466 e. The Morgan fingerprint density at radius 3 is 3.00 bits per heavy atom. The number of halogens is 1. The third kappa shape index (κ3) is 2.67. The van der Waals surface area contributed by atoms with Gasteiger partial charge in [0.05, 0.1) is 22.4 Å². The Morgan fingerprint density at radius 1 is 1.62 bits per heavy atom. The van der Waals surface area contributed by atoms with Gasteiger partial charge in [0, 0.05) is 13.2 Å². The predicted octanol–water partition coefficient (Wildman–Crippen LogP) is 3.26. The van der Waals surface area contributed by atoms with Crippen molar-refractivity contribution in [2.24, 2.45) is 0 Å². The van der Waals surface area contributed by atoms with E-state index in [9.17, 15) is 0 Å². The normalized spacial score (nSPS) is 27.2. The molecule has 2 rings (SSSR count). The van der Waals surface area contributed by atoms with Crippen LogP contribution in [0.25, 0.3) is 0 Å². The zero-order valence-corrected chi connectivity index (χ0v) is 11.3. The van der Waals surface area contributed by atoms with E-state index in [1.165, 1.54) is 0 Å². The molecule has 1 aromatic heterocycles. The van der Waals surface area contributed by atoms with E-state index in [0.29, 0.717) is 0 Å². The van der Waals surface area contributed by atoms with Crippen molar-refractivity contribution in [3.8, 4) is 0 Å². The lowest BCUT2D eigenvalue weighted by atomic mass is 10.0. The Morgan fingerprint density at radius 2 is 2.44 bits per heavy atom. The minimum Gasteiger partial charge on any atom is -0.466 e. The van der Waals surface area contributed by atoms with Crippen molar-refractivity contribution in [3.63, 3.8) is 0 Å². The van der Waals surface area contributed by atoms with Crippen LogP contribution < -0.4 is 5.32 Å². The molecule has 0 saturated carbocycles. The fourth-order valence-corrected chi connectivity index (χ4v) is 2.60. The second kappa shape index (κ2) is 4.90. The molecule has 1 saturated heterocycles. The standard InChI is InChI=1S/C12H18BrNO2/c1-9(11-10(13)4-7-15-11)14-8-12(2)5-3-6-16-12/h4,7,9,14H,3,5-6,8H2,1-2H3. The Hall–Kier alpha value is -0.320. The van der Waals surface area contributed by atoms with Crippen LogP contribution in [-0.2, 0) is 4.74 Å². The minimum absolute atomic E-state index is 0.00662. The molecule has 0 amide bonds. The maximum atomic E-state index is 5.73. The van der Waals surface area contributed by atoms with E-state index in [0.717, 1.165) is 36.2 Å². The monoisotopic (exact) mass is 287 g/mol. The second-order valence-corrected chi connectivity index (χ2v) is 5.49. The molecule has 1 fully saturated rings. The van der Waals surface area contributed by atoms with Gasteiger partial charge in [-0.15, -0.1) is 0 Å². The fourth-order valence-electron chi connectivity index (χ4n) is 2.05. The molecule has 0 spiro atoms. The molecule has 2 atom stereocenters. The van der Waals surface area contributed by atoms with E-state index in [2.05, 4.69) is 35.1 Å². The molecule has 1 aliphatic heterocycles. The van der Waals surface area contributed by atoms with E-state index in [1.807, 2.05) is 6.07 Å². The Balaban J connectivity index is 1.88. The first-order valence-electron chi connectivity index (χ1n) is 5.71. The van der Waals surface area contributed by atoms with Crippen molar-refractivity contribution in [2.75, 3.05) is 13.2 Å². The van der Waals surface area contributed by atoms with Crippen LogP contribution in [0.3, 0.4) is 0 Å². The highest BCUT2D eigenvalue weighted by molar-refractivity contribution is 9.10. The van der Waals surface area contributed by atoms with Crippen molar-refractivity contribution in [2.45, 2.75) is 38.3 Å². The molecular weight excluding hydrogens is 270 g/mol. The van der Waals surface area contributed by atoms with Crippen LogP contribution in [0.5, 0.6) is 0 Å². The molecule has 0 bridgehead atoms. The van der Waals surface area contributed by atoms with Gasteiger partial charge < -0.3 is 14.5 Å². The zero-order chi connectivity index (χ0) is 11.6. The van der Waals surface area contributed by atoms with Gasteiger partial charge in [-0.2, -0.15) is 0 Å². The molecule has 1 aromatic rings. The molecular formula is C12H18BrNO2. The molecule has 0 aromatic carbocycles. The van der Waals surface area contributed by atoms with Gasteiger partial charge in [0.1, 0.15) is 5.76 Å². The van der Waals surface area contributed by atoms with E-state index in [-0.39, 0.29) is 11.6 Å². The lowest BCUT2D eigenvalue weighted by molar-refractivity contribution is 0.0186. The SMILES string of the molecule is CC(NCC1(C)CCCO1)c1occc1Br. The molecule has 1 N–H and O–H groups in total. The van der Waals surface area contributed by atoms with Gasteiger partial charge in [0.15, 0.2) is 0 Å². The lowest BCUT2D eigenvalue weighted by Gasteiger charge is -2.25. The minimum atomic E-state index is -0.00662.